The number of fused-ring (bicyclic) bond motifs is 1. The predicted molar refractivity (Wildman–Crippen MR) is 112 cm³/mol. The maximum atomic E-state index is 13.3. The molecule has 1 saturated heterocycles. The van der Waals surface area contributed by atoms with E-state index in [1.54, 1.807) is 24.1 Å². The summed E-state index contributed by atoms with van der Waals surface area (Å²) in [6.45, 7) is 1.32. The molecule has 1 aliphatic heterocycles. The second-order valence-electron chi connectivity index (χ2n) is 6.97. The number of hydrogen-bond donors (Lipinski definition) is 0. The van der Waals surface area contributed by atoms with E-state index in [-0.39, 0.29) is 12.0 Å². The van der Waals surface area contributed by atoms with E-state index in [0.717, 1.165) is 16.5 Å². The van der Waals surface area contributed by atoms with E-state index in [0.29, 0.717) is 42.5 Å². The van der Waals surface area contributed by atoms with Gasteiger partial charge in [0.15, 0.2) is 11.5 Å². The normalized spacial score (nSPS) is 16.4. The smallest absolute Gasteiger partial charge is 0.257 e. The van der Waals surface area contributed by atoms with Crippen LogP contribution in [-0.4, -0.2) is 56.8 Å². The lowest BCUT2D eigenvalue weighted by molar-refractivity contribution is -0.0247. The van der Waals surface area contributed by atoms with Crippen LogP contribution < -0.4 is 14.2 Å². The molecule has 0 saturated carbocycles. The van der Waals surface area contributed by atoms with Crippen molar-refractivity contribution in [1.29, 1.82) is 0 Å². The Morgan fingerprint density at radius 2 is 1.70 bits per heavy atom. The summed E-state index contributed by atoms with van der Waals surface area (Å²) in [6.07, 6.45) is 1.55. The third-order valence-electron chi connectivity index (χ3n) is 5.27. The second kappa shape index (κ2) is 8.59. The Balaban J connectivity index is 1.60. The summed E-state index contributed by atoms with van der Waals surface area (Å²) in [5.41, 5.74) is 1.23. The van der Waals surface area contributed by atoms with Crippen LogP contribution in [0, 0.1) is 0 Å². The number of hydrogen-bond acceptors (Lipinski definition) is 6. The van der Waals surface area contributed by atoms with Crippen LogP contribution in [0.15, 0.2) is 48.7 Å². The average molecular weight is 408 g/mol. The SMILES string of the molecule is COc1cc(OC)c(C(=O)N2CCOC(c3cc4ccccc4cn3)C2)cc1OC. The van der Waals surface area contributed by atoms with Crippen LogP contribution in [0.1, 0.15) is 22.2 Å². The van der Waals surface area contributed by atoms with Crippen molar-refractivity contribution in [2.75, 3.05) is 41.0 Å². The molecule has 1 aromatic heterocycles. The van der Waals surface area contributed by atoms with Crippen LogP contribution in [0.25, 0.3) is 10.8 Å². The fourth-order valence-corrected chi connectivity index (χ4v) is 3.66. The van der Waals surface area contributed by atoms with Crippen molar-refractivity contribution < 1.29 is 23.7 Å². The summed E-state index contributed by atoms with van der Waals surface area (Å²) >= 11 is 0. The van der Waals surface area contributed by atoms with Gasteiger partial charge in [-0.3, -0.25) is 9.78 Å². The molecule has 1 fully saturated rings. The lowest BCUT2D eigenvalue weighted by Crippen LogP contribution is -2.42. The Kier molecular flexibility index (Phi) is 5.72. The third-order valence-corrected chi connectivity index (χ3v) is 5.27. The molecule has 4 rings (SSSR count). The van der Waals surface area contributed by atoms with Crippen molar-refractivity contribution in [2.45, 2.75) is 6.10 Å². The predicted octanol–water partition coefficient (Wildman–Crippen LogP) is 3.47. The number of ether oxygens (including phenoxy) is 4. The van der Waals surface area contributed by atoms with Gasteiger partial charge in [-0.25, -0.2) is 0 Å². The first-order valence-electron chi connectivity index (χ1n) is 9.70. The van der Waals surface area contributed by atoms with Crippen LogP contribution in [-0.2, 0) is 4.74 Å². The number of benzene rings is 2. The highest BCUT2D eigenvalue weighted by atomic mass is 16.5. The fourth-order valence-electron chi connectivity index (χ4n) is 3.66. The standard InChI is InChI=1S/C23H24N2O5/c1-27-19-12-21(29-3)20(28-2)11-17(19)23(26)25-8-9-30-22(14-25)18-10-15-6-4-5-7-16(15)13-24-18/h4-7,10-13,22H,8-9,14H2,1-3H3. The molecular weight excluding hydrogens is 384 g/mol. The Morgan fingerprint density at radius 1 is 1.00 bits per heavy atom. The Labute approximate surface area is 175 Å². The number of carbonyl (C=O) groups excluding carboxylic acids is 1. The number of rotatable bonds is 5. The highest BCUT2D eigenvalue weighted by molar-refractivity contribution is 5.98. The summed E-state index contributed by atoms with van der Waals surface area (Å²) in [6, 6.07) is 13.4. The first-order chi connectivity index (χ1) is 14.6. The highest BCUT2D eigenvalue weighted by Gasteiger charge is 2.29. The van der Waals surface area contributed by atoms with Gasteiger partial charge in [-0.2, -0.15) is 0 Å². The van der Waals surface area contributed by atoms with Gasteiger partial charge in [0.1, 0.15) is 11.9 Å². The van der Waals surface area contributed by atoms with Crippen molar-refractivity contribution in [1.82, 2.24) is 9.88 Å². The largest absolute Gasteiger partial charge is 0.496 e. The molecule has 2 aromatic carbocycles. The molecule has 0 aliphatic carbocycles. The molecule has 0 N–H and O–H groups in total. The number of morpholine rings is 1. The van der Waals surface area contributed by atoms with Crippen molar-refractivity contribution in [3.8, 4) is 17.2 Å². The van der Waals surface area contributed by atoms with Crippen LogP contribution >= 0.6 is 0 Å². The number of pyridine rings is 1. The molecule has 7 nitrogen and oxygen atoms in total. The first kappa shape index (κ1) is 20.0. The van der Waals surface area contributed by atoms with Crippen molar-refractivity contribution in [3.05, 3.63) is 59.9 Å². The zero-order valence-corrected chi connectivity index (χ0v) is 17.3. The minimum atomic E-state index is -0.293. The van der Waals surface area contributed by atoms with Gasteiger partial charge >= 0.3 is 0 Å². The van der Waals surface area contributed by atoms with Crippen LogP contribution in [0.4, 0.5) is 0 Å². The molecule has 156 valence electrons. The van der Waals surface area contributed by atoms with Gasteiger partial charge in [-0.05, 0) is 11.5 Å². The molecule has 1 aliphatic rings. The van der Waals surface area contributed by atoms with Gasteiger partial charge in [0, 0.05) is 30.3 Å². The third kappa shape index (κ3) is 3.76. The number of nitrogens with zero attached hydrogens (tertiary/aromatic N) is 2. The molecule has 1 amide bonds. The number of methoxy groups -OCH3 is 3. The van der Waals surface area contributed by atoms with Crippen molar-refractivity contribution >= 4 is 16.7 Å². The molecule has 0 bridgehead atoms. The summed E-state index contributed by atoms with van der Waals surface area (Å²) in [5, 5.41) is 2.16. The van der Waals surface area contributed by atoms with E-state index < -0.39 is 0 Å². The summed E-state index contributed by atoms with van der Waals surface area (Å²) < 4.78 is 22.0. The lowest BCUT2D eigenvalue weighted by Gasteiger charge is -2.33. The molecule has 0 spiro atoms. The molecule has 30 heavy (non-hydrogen) atoms. The number of aromatic nitrogens is 1. The van der Waals surface area contributed by atoms with E-state index in [1.165, 1.54) is 14.2 Å². The van der Waals surface area contributed by atoms with Gasteiger partial charge in [0.2, 0.25) is 0 Å². The van der Waals surface area contributed by atoms with Crippen molar-refractivity contribution in [3.63, 3.8) is 0 Å². The topological polar surface area (TPSA) is 70.1 Å². The quantitative estimate of drug-likeness (QED) is 0.644. The zero-order valence-electron chi connectivity index (χ0n) is 17.3. The summed E-state index contributed by atoms with van der Waals surface area (Å²) in [7, 11) is 4.61. The first-order valence-corrected chi connectivity index (χ1v) is 9.70. The maximum Gasteiger partial charge on any atom is 0.257 e. The Bertz CT molecular complexity index is 1070. The highest BCUT2D eigenvalue weighted by Crippen LogP contribution is 2.36. The Morgan fingerprint density at radius 3 is 2.43 bits per heavy atom. The minimum Gasteiger partial charge on any atom is -0.496 e. The average Bonchev–Trinajstić information content (AvgIpc) is 2.82. The lowest BCUT2D eigenvalue weighted by atomic mass is 10.1. The van der Waals surface area contributed by atoms with Crippen LogP contribution in [0.5, 0.6) is 17.2 Å². The van der Waals surface area contributed by atoms with Gasteiger partial charge in [0.05, 0.1) is 45.7 Å². The van der Waals surface area contributed by atoms with Gasteiger partial charge in [0.25, 0.3) is 5.91 Å². The van der Waals surface area contributed by atoms with E-state index in [9.17, 15) is 4.79 Å². The van der Waals surface area contributed by atoms with Gasteiger partial charge < -0.3 is 23.8 Å². The van der Waals surface area contributed by atoms with E-state index in [1.807, 2.05) is 36.5 Å². The maximum absolute atomic E-state index is 13.3. The number of carbonyl (C=O) groups is 1. The van der Waals surface area contributed by atoms with Gasteiger partial charge in [-0.15, -0.1) is 0 Å². The summed E-state index contributed by atoms with van der Waals surface area (Å²) in [4.78, 5) is 19.6. The van der Waals surface area contributed by atoms with E-state index in [2.05, 4.69) is 4.98 Å². The molecule has 1 unspecified atom stereocenters. The van der Waals surface area contributed by atoms with E-state index >= 15 is 0 Å². The Hall–Kier alpha value is -3.32. The molecule has 3 aromatic rings. The van der Waals surface area contributed by atoms with Crippen molar-refractivity contribution in [2.24, 2.45) is 0 Å². The minimum absolute atomic E-state index is 0.151. The fraction of sp³-hybridized carbons (Fsp3) is 0.304. The van der Waals surface area contributed by atoms with Crippen LogP contribution in [0.3, 0.4) is 0 Å². The van der Waals surface area contributed by atoms with Gasteiger partial charge in [-0.1, -0.05) is 24.3 Å². The van der Waals surface area contributed by atoms with Crippen LogP contribution in [0.2, 0.25) is 0 Å². The number of amides is 1. The molecule has 2 heterocycles. The van der Waals surface area contributed by atoms with E-state index in [4.69, 9.17) is 18.9 Å². The zero-order chi connectivity index (χ0) is 21.1. The monoisotopic (exact) mass is 408 g/mol. The molecular formula is C23H24N2O5. The second-order valence-corrected chi connectivity index (χ2v) is 6.97. The summed E-state index contributed by atoms with van der Waals surface area (Å²) in [5.74, 6) is 1.26. The molecule has 1 atom stereocenters. The molecule has 0 radical (unpaired) electrons. The molecule has 7 heteroatoms.